The molecule has 0 radical (unpaired) electrons. The Bertz CT molecular complexity index is 772. The van der Waals surface area contributed by atoms with Gasteiger partial charge in [-0.2, -0.15) is 0 Å². The predicted molar refractivity (Wildman–Crippen MR) is 101 cm³/mol. The van der Waals surface area contributed by atoms with E-state index in [0.717, 1.165) is 24.0 Å². The second-order valence-electron chi connectivity index (χ2n) is 7.10. The number of carboxylic acids is 1. The van der Waals surface area contributed by atoms with Crippen molar-refractivity contribution in [2.24, 2.45) is 11.8 Å². The summed E-state index contributed by atoms with van der Waals surface area (Å²) in [5.41, 5.74) is 3.05. The standard InChI is InChI=1S/C22H25NO3/c1-16-15-23(14-13-19(16)22(25)26)21(24)20-10-6-5-9-18(20)12-11-17-7-3-2-4-8-17/h2-10,16,19H,11-15H2,1H3,(H,25,26). The molecular weight excluding hydrogens is 326 g/mol. The Kier molecular flexibility index (Phi) is 5.71. The summed E-state index contributed by atoms with van der Waals surface area (Å²) in [5.74, 6) is -1.12. The summed E-state index contributed by atoms with van der Waals surface area (Å²) >= 11 is 0. The van der Waals surface area contributed by atoms with E-state index in [9.17, 15) is 14.7 Å². The van der Waals surface area contributed by atoms with Crippen molar-refractivity contribution in [3.63, 3.8) is 0 Å². The van der Waals surface area contributed by atoms with E-state index in [0.29, 0.717) is 19.5 Å². The maximum atomic E-state index is 13.0. The lowest BCUT2D eigenvalue weighted by Crippen LogP contribution is -2.45. The van der Waals surface area contributed by atoms with Crippen LogP contribution in [0.25, 0.3) is 0 Å². The number of aryl methyl sites for hydroxylation is 2. The molecule has 3 rings (SSSR count). The molecule has 0 bridgehead atoms. The fraction of sp³-hybridized carbons (Fsp3) is 0.364. The molecule has 1 fully saturated rings. The normalized spacial score (nSPS) is 20.0. The van der Waals surface area contributed by atoms with Crippen molar-refractivity contribution in [2.45, 2.75) is 26.2 Å². The van der Waals surface area contributed by atoms with Crippen molar-refractivity contribution < 1.29 is 14.7 Å². The van der Waals surface area contributed by atoms with Crippen LogP contribution in [0.2, 0.25) is 0 Å². The van der Waals surface area contributed by atoms with E-state index in [1.54, 1.807) is 0 Å². The van der Waals surface area contributed by atoms with E-state index in [-0.39, 0.29) is 17.7 Å². The third-order valence-electron chi connectivity index (χ3n) is 5.28. The highest BCUT2D eigenvalue weighted by atomic mass is 16.4. The largest absolute Gasteiger partial charge is 0.481 e. The molecule has 1 saturated heterocycles. The zero-order chi connectivity index (χ0) is 18.5. The Morgan fingerprint density at radius 2 is 1.73 bits per heavy atom. The minimum absolute atomic E-state index is 0.0179. The molecule has 1 aliphatic rings. The SMILES string of the molecule is CC1CN(C(=O)c2ccccc2CCc2ccccc2)CCC1C(=O)O. The maximum absolute atomic E-state index is 13.0. The average Bonchev–Trinajstić information content (AvgIpc) is 2.66. The number of rotatable bonds is 5. The van der Waals surface area contributed by atoms with Gasteiger partial charge in [0.2, 0.25) is 0 Å². The predicted octanol–water partition coefficient (Wildman–Crippen LogP) is 3.65. The van der Waals surface area contributed by atoms with Crippen LogP contribution in [0, 0.1) is 11.8 Å². The lowest BCUT2D eigenvalue weighted by Gasteiger charge is -2.35. The summed E-state index contributed by atoms with van der Waals surface area (Å²) in [4.78, 5) is 26.1. The first-order valence-electron chi connectivity index (χ1n) is 9.20. The number of carbonyl (C=O) groups is 2. The number of hydrogen-bond acceptors (Lipinski definition) is 2. The number of benzene rings is 2. The molecule has 2 aromatic carbocycles. The number of carbonyl (C=O) groups excluding carboxylic acids is 1. The third kappa shape index (κ3) is 4.13. The first kappa shape index (κ1) is 18.2. The highest BCUT2D eigenvalue weighted by molar-refractivity contribution is 5.96. The summed E-state index contributed by atoms with van der Waals surface area (Å²) < 4.78 is 0. The van der Waals surface area contributed by atoms with Crippen LogP contribution in [-0.2, 0) is 17.6 Å². The van der Waals surface area contributed by atoms with Gasteiger partial charge in [0.1, 0.15) is 0 Å². The Morgan fingerprint density at radius 3 is 2.42 bits per heavy atom. The zero-order valence-corrected chi connectivity index (χ0v) is 15.1. The van der Waals surface area contributed by atoms with Gasteiger partial charge in [-0.3, -0.25) is 9.59 Å². The first-order valence-corrected chi connectivity index (χ1v) is 9.20. The molecule has 0 aliphatic carbocycles. The Labute approximate surface area is 154 Å². The molecule has 26 heavy (non-hydrogen) atoms. The zero-order valence-electron chi connectivity index (χ0n) is 15.1. The van der Waals surface area contributed by atoms with Gasteiger partial charge in [0.15, 0.2) is 0 Å². The van der Waals surface area contributed by atoms with E-state index >= 15 is 0 Å². The number of likely N-dealkylation sites (tertiary alicyclic amines) is 1. The van der Waals surface area contributed by atoms with Gasteiger partial charge in [-0.15, -0.1) is 0 Å². The average molecular weight is 351 g/mol. The van der Waals surface area contributed by atoms with E-state index in [4.69, 9.17) is 0 Å². The van der Waals surface area contributed by atoms with Crippen molar-refractivity contribution in [3.05, 3.63) is 71.3 Å². The van der Waals surface area contributed by atoms with Gasteiger partial charge in [-0.1, -0.05) is 55.5 Å². The molecule has 1 amide bonds. The quantitative estimate of drug-likeness (QED) is 0.894. The molecule has 0 spiro atoms. The van der Waals surface area contributed by atoms with E-state index in [2.05, 4.69) is 12.1 Å². The van der Waals surface area contributed by atoms with Gasteiger partial charge < -0.3 is 10.0 Å². The molecule has 1 N–H and O–H groups in total. The second-order valence-corrected chi connectivity index (χ2v) is 7.10. The Balaban J connectivity index is 1.71. The van der Waals surface area contributed by atoms with Gasteiger partial charge >= 0.3 is 5.97 Å². The fourth-order valence-electron chi connectivity index (χ4n) is 3.74. The number of aliphatic carboxylic acids is 1. The van der Waals surface area contributed by atoms with Crippen LogP contribution in [0.5, 0.6) is 0 Å². The number of hydrogen-bond donors (Lipinski definition) is 1. The molecule has 0 aromatic heterocycles. The van der Waals surface area contributed by atoms with E-state index < -0.39 is 5.97 Å². The molecule has 1 heterocycles. The lowest BCUT2D eigenvalue weighted by molar-refractivity contribution is -0.145. The van der Waals surface area contributed by atoms with Crippen molar-refractivity contribution in [1.82, 2.24) is 4.90 Å². The molecule has 2 unspecified atom stereocenters. The van der Waals surface area contributed by atoms with Crippen LogP contribution < -0.4 is 0 Å². The minimum Gasteiger partial charge on any atom is -0.481 e. The molecule has 4 nitrogen and oxygen atoms in total. The van der Waals surface area contributed by atoms with E-state index in [1.807, 2.05) is 54.3 Å². The molecule has 2 aromatic rings. The van der Waals surface area contributed by atoms with Crippen LogP contribution >= 0.6 is 0 Å². The summed E-state index contributed by atoms with van der Waals surface area (Å²) in [6, 6.07) is 18.0. The monoisotopic (exact) mass is 351 g/mol. The highest BCUT2D eigenvalue weighted by Gasteiger charge is 2.33. The van der Waals surface area contributed by atoms with Crippen LogP contribution in [0.15, 0.2) is 54.6 Å². The van der Waals surface area contributed by atoms with Crippen molar-refractivity contribution >= 4 is 11.9 Å². The summed E-state index contributed by atoms with van der Waals surface area (Å²) in [6.45, 7) is 2.93. The first-order chi connectivity index (χ1) is 12.6. The number of nitrogens with zero attached hydrogens (tertiary/aromatic N) is 1. The minimum atomic E-state index is -0.757. The Morgan fingerprint density at radius 1 is 1.04 bits per heavy atom. The molecule has 0 saturated carbocycles. The van der Waals surface area contributed by atoms with Crippen LogP contribution in [0.1, 0.15) is 34.8 Å². The van der Waals surface area contributed by atoms with Gasteiger partial charge in [0, 0.05) is 18.7 Å². The van der Waals surface area contributed by atoms with Crippen LogP contribution in [0.4, 0.5) is 0 Å². The van der Waals surface area contributed by atoms with Crippen molar-refractivity contribution in [1.29, 1.82) is 0 Å². The van der Waals surface area contributed by atoms with Gasteiger partial charge in [-0.25, -0.2) is 0 Å². The molecule has 136 valence electrons. The lowest BCUT2D eigenvalue weighted by atomic mass is 9.86. The summed E-state index contributed by atoms with van der Waals surface area (Å²) in [5, 5.41) is 9.27. The van der Waals surface area contributed by atoms with Crippen LogP contribution in [0.3, 0.4) is 0 Å². The van der Waals surface area contributed by atoms with Crippen molar-refractivity contribution in [2.75, 3.05) is 13.1 Å². The molecule has 2 atom stereocenters. The number of piperidine rings is 1. The highest BCUT2D eigenvalue weighted by Crippen LogP contribution is 2.25. The molecule has 1 aliphatic heterocycles. The topological polar surface area (TPSA) is 57.6 Å². The fourth-order valence-corrected chi connectivity index (χ4v) is 3.74. The Hall–Kier alpha value is -2.62. The third-order valence-corrected chi connectivity index (χ3v) is 5.28. The number of amides is 1. The summed E-state index contributed by atoms with van der Waals surface area (Å²) in [7, 11) is 0. The smallest absolute Gasteiger partial charge is 0.306 e. The number of carboxylic acid groups (broad SMARTS) is 1. The van der Waals surface area contributed by atoms with Crippen LogP contribution in [-0.4, -0.2) is 35.0 Å². The summed E-state index contributed by atoms with van der Waals surface area (Å²) in [6.07, 6.45) is 2.23. The van der Waals surface area contributed by atoms with Gasteiger partial charge in [0.25, 0.3) is 5.91 Å². The second kappa shape index (κ2) is 8.17. The molecule has 4 heteroatoms. The van der Waals surface area contributed by atoms with Gasteiger partial charge in [-0.05, 0) is 42.4 Å². The van der Waals surface area contributed by atoms with E-state index in [1.165, 1.54) is 5.56 Å². The van der Waals surface area contributed by atoms with Gasteiger partial charge in [0.05, 0.1) is 5.92 Å². The van der Waals surface area contributed by atoms with Crippen molar-refractivity contribution in [3.8, 4) is 0 Å². The molecular formula is C22H25NO3. The maximum Gasteiger partial charge on any atom is 0.306 e.